The number of pyridine rings is 1. The first-order valence-corrected chi connectivity index (χ1v) is 9.48. The number of rotatable bonds is 6. The second-order valence-corrected chi connectivity index (χ2v) is 7.57. The Morgan fingerprint density at radius 1 is 1.08 bits per heavy atom. The predicted octanol–water partition coefficient (Wildman–Crippen LogP) is 0.669. The van der Waals surface area contributed by atoms with Crippen molar-refractivity contribution in [3.05, 3.63) is 30.1 Å². The molecular weight excluding hydrogens is 316 g/mol. The van der Waals surface area contributed by atoms with Crippen LogP contribution in [-0.4, -0.2) is 95.5 Å². The topological polar surface area (TPSA) is 52.1 Å². The predicted molar refractivity (Wildman–Crippen MR) is 98.4 cm³/mol. The minimum atomic E-state index is -0.289. The number of morpholine rings is 1. The van der Waals surface area contributed by atoms with E-state index in [4.69, 9.17) is 4.74 Å². The van der Waals surface area contributed by atoms with Gasteiger partial charge in [0.15, 0.2) is 0 Å². The maximum Gasteiger partial charge on any atom is 0.0793 e. The normalized spacial score (nSPS) is 28.1. The first-order valence-electron chi connectivity index (χ1n) is 9.48. The summed E-state index contributed by atoms with van der Waals surface area (Å²) in [6, 6.07) is 4.13. The SMILES string of the molecule is CC1CN(CC(O)CN2CCN(Cc3cccnc3)CC2)CC(C)O1. The van der Waals surface area contributed by atoms with Gasteiger partial charge in [0.05, 0.1) is 18.3 Å². The Bertz CT molecular complexity index is 497. The van der Waals surface area contributed by atoms with E-state index >= 15 is 0 Å². The third kappa shape index (κ3) is 6.01. The van der Waals surface area contributed by atoms with Gasteiger partial charge in [-0.25, -0.2) is 0 Å². The molecule has 6 nitrogen and oxygen atoms in total. The summed E-state index contributed by atoms with van der Waals surface area (Å²) < 4.78 is 5.76. The number of nitrogens with zero attached hydrogens (tertiary/aromatic N) is 4. The fourth-order valence-electron chi connectivity index (χ4n) is 3.97. The number of aliphatic hydroxyl groups is 1. The summed E-state index contributed by atoms with van der Waals surface area (Å²) in [6.45, 7) is 12.7. The summed E-state index contributed by atoms with van der Waals surface area (Å²) >= 11 is 0. The van der Waals surface area contributed by atoms with Crippen LogP contribution in [0.15, 0.2) is 24.5 Å². The van der Waals surface area contributed by atoms with Crippen LogP contribution in [0.5, 0.6) is 0 Å². The van der Waals surface area contributed by atoms with Gasteiger partial charge >= 0.3 is 0 Å². The summed E-state index contributed by atoms with van der Waals surface area (Å²) in [7, 11) is 0. The van der Waals surface area contributed by atoms with E-state index in [9.17, 15) is 5.11 Å². The van der Waals surface area contributed by atoms with Gasteiger partial charge in [-0.05, 0) is 25.5 Å². The molecule has 25 heavy (non-hydrogen) atoms. The van der Waals surface area contributed by atoms with Crippen LogP contribution in [0, 0.1) is 0 Å². The van der Waals surface area contributed by atoms with Crippen molar-refractivity contribution in [3.63, 3.8) is 0 Å². The summed E-state index contributed by atoms with van der Waals surface area (Å²) in [5, 5.41) is 10.5. The monoisotopic (exact) mass is 348 g/mol. The molecule has 0 amide bonds. The molecule has 3 unspecified atom stereocenters. The Morgan fingerprint density at radius 3 is 2.36 bits per heavy atom. The Morgan fingerprint density at radius 2 is 1.72 bits per heavy atom. The molecule has 2 aliphatic rings. The molecule has 0 aromatic carbocycles. The molecule has 0 aliphatic carbocycles. The molecule has 6 heteroatoms. The molecule has 0 radical (unpaired) electrons. The Kier molecular flexibility index (Phi) is 6.78. The molecule has 0 spiro atoms. The average molecular weight is 348 g/mol. The van der Waals surface area contributed by atoms with Gasteiger partial charge in [-0.3, -0.25) is 19.7 Å². The van der Waals surface area contributed by atoms with Crippen molar-refractivity contribution >= 4 is 0 Å². The first-order chi connectivity index (χ1) is 12.1. The molecular formula is C19H32N4O2. The van der Waals surface area contributed by atoms with Crippen LogP contribution in [0.4, 0.5) is 0 Å². The summed E-state index contributed by atoms with van der Waals surface area (Å²) in [4.78, 5) is 11.4. The molecule has 3 heterocycles. The van der Waals surface area contributed by atoms with Crippen LogP contribution < -0.4 is 0 Å². The van der Waals surface area contributed by atoms with E-state index in [0.29, 0.717) is 0 Å². The summed E-state index contributed by atoms with van der Waals surface area (Å²) in [5.74, 6) is 0. The first kappa shape index (κ1) is 18.7. The molecule has 1 N–H and O–H groups in total. The summed E-state index contributed by atoms with van der Waals surface area (Å²) in [5.41, 5.74) is 1.27. The van der Waals surface area contributed by atoms with E-state index in [1.807, 2.05) is 18.5 Å². The molecule has 1 aromatic heterocycles. The van der Waals surface area contributed by atoms with Crippen LogP contribution in [0.25, 0.3) is 0 Å². The number of aliphatic hydroxyl groups excluding tert-OH is 1. The third-order valence-corrected chi connectivity index (χ3v) is 5.03. The van der Waals surface area contributed by atoms with Crippen molar-refractivity contribution in [2.24, 2.45) is 0 Å². The smallest absolute Gasteiger partial charge is 0.0793 e. The standard InChI is InChI=1S/C19H32N4O2/c1-16-11-23(12-17(2)25-16)15-19(24)14-22-8-6-21(7-9-22)13-18-4-3-5-20-10-18/h3-5,10,16-17,19,24H,6-9,11-15H2,1-2H3. The van der Waals surface area contributed by atoms with Crippen LogP contribution in [0.3, 0.4) is 0 Å². The van der Waals surface area contributed by atoms with E-state index in [0.717, 1.165) is 58.9 Å². The van der Waals surface area contributed by atoms with E-state index in [1.165, 1.54) is 5.56 Å². The van der Waals surface area contributed by atoms with Crippen molar-refractivity contribution in [2.75, 3.05) is 52.4 Å². The quantitative estimate of drug-likeness (QED) is 0.816. The minimum Gasteiger partial charge on any atom is -0.390 e. The van der Waals surface area contributed by atoms with Gasteiger partial charge in [0.25, 0.3) is 0 Å². The van der Waals surface area contributed by atoms with Crippen molar-refractivity contribution in [1.29, 1.82) is 0 Å². The zero-order valence-corrected chi connectivity index (χ0v) is 15.5. The second-order valence-electron chi connectivity index (χ2n) is 7.57. The highest BCUT2D eigenvalue weighted by Gasteiger charge is 2.25. The lowest BCUT2D eigenvalue weighted by molar-refractivity contribution is -0.0785. The highest BCUT2D eigenvalue weighted by Crippen LogP contribution is 2.12. The third-order valence-electron chi connectivity index (χ3n) is 5.03. The highest BCUT2D eigenvalue weighted by atomic mass is 16.5. The molecule has 2 aliphatic heterocycles. The largest absolute Gasteiger partial charge is 0.390 e. The lowest BCUT2D eigenvalue weighted by Gasteiger charge is -2.38. The van der Waals surface area contributed by atoms with Gasteiger partial charge in [-0.15, -0.1) is 0 Å². The van der Waals surface area contributed by atoms with Gasteiger partial charge < -0.3 is 9.84 Å². The number of piperazine rings is 1. The molecule has 2 fully saturated rings. The van der Waals surface area contributed by atoms with E-state index < -0.39 is 0 Å². The number of hydrogen-bond donors (Lipinski definition) is 1. The van der Waals surface area contributed by atoms with Gasteiger partial charge in [0.1, 0.15) is 0 Å². The van der Waals surface area contributed by atoms with E-state index in [-0.39, 0.29) is 18.3 Å². The number of β-amino-alcohol motifs (C(OH)–C–C–N with tert-alkyl or cyclic N) is 1. The molecule has 3 rings (SSSR count). The van der Waals surface area contributed by atoms with Crippen LogP contribution in [-0.2, 0) is 11.3 Å². The molecule has 0 saturated carbocycles. The number of aromatic nitrogens is 1. The van der Waals surface area contributed by atoms with Crippen LogP contribution in [0.2, 0.25) is 0 Å². The second kappa shape index (κ2) is 9.05. The van der Waals surface area contributed by atoms with Gasteiger partial charge in [-0.2, -0.15) is 0 Å². The van der Waals surface area contributed by atoms with Gasteiger partial charge in [-0.1, -0.05) is 6.07 Å². The maximum absolute atomic E-state index is 10.5. The van der Waals surface area contributed by atoms with E-state index in [2.05, 4.69) is 39.6 Å². The number of ether oxygens (including phenoxy) is 1. The Balaban J connectivity index is 1.37. The maximum atomic E-state index is 10.5. The van der Waals surface area contributed by atoms with Crippen molar-refractivity contribution in [1.82, 2.24) is 19.7 Å². The fourth-order valence-corrected chi connectivity index (χ4v) is 3.97. The molecule has 140 valence electrons. The van der Waals surface area contributed by atoms with Crippen LogP contribution >= 0.6 is 0 Å². The average Bonchev–Trinajstić information content (AvgIpc) is 2.56. The zero-order valence-electron chi connectivity index (χ0n) is 15.5. The van der Waals surface area contributed by atoms with Gasteiger partial charge in [0.2, 0.25) is 0 Å². The van der Waals surface area contributed by atoms with Crippen molar-refractivity contribution in [2.45, 2.75) is 38.7 Å². The van der Waals surface area contributed by atoms with Crippen molar-refractivity contribution < 1.29 is 9.84 Å². The molecule has 1 aromatic rings. The fraction of sp³-hybridized carbons (Fsp3) is 0.737. The van der Waals surface area contributed by atoms with E-state index in [1.54, 1.807) is 0 Å². The molecule has 2 saturated heterocycles. The summed E-state index contributed by atoms with van der Waals surface area (Å²) in [6.07, 6.45) is 3.99. The lowest BCUT2D eigenvalue weighted by Crippen LogP contribution is -2.52. The van der Waals surface area contributed by atoms with Crippen molar-refractivity contribution in [3.8, 4) is 0 Å². The zero-order chi connectivity index (χ0) is 17.6. The van der Waals surface area contributed by atoms with Gasteiger partial charge in [0, 0.05) is 71.3 Å². The number of hydrogen-bond acceptors (Lipinski definition) is 6. The Hall–Kier alpha value is -1.05. The van der Waals surface area contributed by atoms with Crippen LogP contribution in [0.1, 0.15) is 19.4 Å². The minimum absolute atomic E-state index is 0.256. The lowest BCUT2D eigenvalue weighted by atomic mass is 10.2. The molecule has 3 atom stereocenters. The Labute approximate surface area is 151 Å². The molecule has 0 bridgehead atoms. The highest BCUT2D eigenvalue weighted by molar-refractivity contribution is 5.08.